The highest BCUT2D eigenvalue weighted by atomic mass is 28.4. The Morgan fingerprint density at radius 3 is 1.95 bits per heavy atom. The van der Waals surface area contributed by atoms with E-state index in [0.29, 0.717) is 38.8 Å². The quantitative estimate of drug-likeness (QED) is 0.433. The molecule has 0 unspecified atom stereocenters. The number of urea groups is 1. The largest absolute Gasteiger partial charge is 0.500 e. The molecule has 0 aliphatic carbocycles. The fourth-order valence-corrected chi connectivity index (χ4v) is 4.33. The minimum absolute atomic E-state index is 0.355. The van der Waals surface area contributed by atoms with Gasteiger partial charge in [0.1, 0.15) is 6.73 Å². The molecule has 0 spiro atoms. The maximum Gasteiger partial charge on any atom is 0.500 e. The van der Waals surface area contributed by atoms with Crippen LogP contribution in [0.4, 0.5) is 4.79 Å². The minimum Gasteiger partial charge on any atom is -0.376 e. The van der Waals surface area contributed by atoms with E-state index in [-0.39, 0.29) is 6.73 Å². The van der Waals surface area contributed by atoms with Crippen molar-refractivity contribution in [2.75, 3.05) is 33.1 Å². The number of carbonyl (C=O) groups is 1. The molecule has 19 heavy (non-hydrogen) atoms. The summed E-state index contributed by atoms with van der Waals surface area (Å²) in [5.41, 5.74) is 5.12. The van der Waals surface area contributed by atoms with Crippen LogP contribution >= 0.6 is 0 Å². The Kier molecular flexibility index (Phi) is 9.80. The van der Waals surface area contributed by atoms with E-state index in [1.165, 1.54) is 0 Å². The zero-order valence-electron chi connectivity index (χ0n) is 12.1. The summed E-state index contributed by atoms with van der Waals surface area (Å²) in [6.07, 6.45) is 0.607. The summed E-state index contributed by atoms with van der Waals surface area (Å²) in [5, 5.41) is 8.98. The summed E-state index contributed by atoms with van der Waals surface area (Å²) >= 11 is 0. The van der Waals surface area contributed by atoms with Crippen LogP contribution in [0.5, 0.6) is 0 Å². The third-order valence-corrected chi connectivity index (χ3v) is 5.64. The van der Waals surface area contributed by atoms with Crippen LogP contribution in [0.25, 0.3) is 0 Å². The van der Waals surface area contributed by atoms with Crippen LogP contribution in [0.2, 0.25) is 6.04 Å². The number of amides is 2. The predicted octanol–water partition coefficient (Wildman–Crippen LogP) is 0.755. The van der Waals surface area contributed by atoms with Gasteiger partial charge in [0.15, 0.2) is 0 Å². The zero-order valence-corrected chi connectivity index (χ0v) is 13.1. The molecule has 0 rings (SSSR count). The van der Waals surface area contributed by atoms with Gasteiger partial charge in [-0.2, -0.15) is 0 Å². The topological polar surface area (TPSA) is 94.2 Å². The van der Waals surface area contributed by atoms with Crippen LogP contribution in [0.3, 0.4) is 0 Å². The van der Waals surface area contributed by atoms with E-state index < -0.39 is 14.8 Å². The Labute approximate surface area is 116 Å². The molecule has 0 fully saturated rings. The van der Waals surface area contributed by atoms with Crippen molar-refractivity contribution in [2.45, 2.75) is 33.2 Å². The van der Waals surface area contributed by atoms with Crippen molar-refractivity contribution in [1.82, 2.24) is 4.90 Å². The van der Waals surface area contributed by atoms with Crippen molar-refractivity contribution in [3.05, 3.63) is 0 Å². The van der Waals surface area contributed by atoms with Gasteiger partial charge in [-0.05, 0) is 27.2 Å². The molecule has 0 bridgehead atoms. The van der Waals surface area contributed by atoms with Crippen molar-refractivity contribution in [1.29, 1.82) is 0 Å². The lowest BCUT2D eigenvalue weighted by molar-refractivity contribution is 0.0687. The van der Waals surface area contributed by atoms with E-state index in [9.17, 15) is 4.79 Å². The summed E-state index contributed by atoms with van der Waals surface area (Å²) in [6.45, 7) is 7.20. The Hall–Kier alpha value is -0.673. The summed E-state index contributed by atoms with van der Waals surface area (Å²) in [4.78, 5) is 12.1. The maximum atomic E-state index is 11.0. The molecule has 0 radical (unpaired) electrons. The summed E-state index contributed by atoms with van der Waals surface area (Å²) in [6, 6.07) is -0.0502. The summed E-state index contributed by atoms with van der Waals surface area (Å²) < 4.78 is 17.1. The molecule has 0 aliphatic rings. The predicted molar refractivity (Wildman–Crippen MR) is 73.4 cm³/mol. The van der Waals surface area contributed by atoms with Crippen LogP contribution in [0.15, 0.2) is 0 Å². The van der Waals surface area contributed by atoms with E-state index in [4.69, 9.17) is 24.1 Å². The Balaban J connectivity index is 4.41. The lowest BCUT2D eigenvalue weighted by Gasteiger charge is -2.29. The molecule has 0 aliphatic heterocycles. The third kappa shape index (κ3) is 6.88. The van der Waals surface area contributed by atoms with Crippen LogP contribution in [0.1, 0.15) is 27.2 Å². The number of nitrogens with zero attached hydrogens (tertiary/aromatic N) is 1. The first-order valence-corrected chi connectivity index (χ1v) is 8.55. The number of hydrogen-bond donors (Lipinski definition) is 2. The van der Waals surface area contributed by atoms with Crippen molar-refractivity contribution in [3.8, 4) is 0 Å². The highest BCUT2D eigenvalue weighted by Gasteiger charge is 2.39. The van der Waals surface area contributed by atoms with E-state index >= 15 is 0 Å². The van der Waals surface area contributed by atoms with Crippen LogP contribution in [0, 0.1) is 0 Å². The van der Waals surface area contributed by atoms with E-state index in [0.717, 1.165) is 4.90 Å². The highest BCUT2D eigenvalue weighted by Crippen LogP contribution is 2.18. The molecular weight excluding hydrogens is 268 g/mol. The molecule has 0 saturated heterocycles. The van der Waals surface area contributed by atoms with Crippen LogP contribution < -0.4 is 5.73 Å². The summed E-state index contributed by atoms with van der Waals surface area (Å²) in [5.74, 6) is 0. The van der Waals surface area contributed by atoms with Crippen LogP contribution in [-0.2, 0) is 13.3 Å². The molecule has 0 aromatic heterocycles. The number of hydrogen-bond acceptors (Lipinski definition) is 5. The monoisotopic (exact) mass is 294 g/mol. The van der Waals surface area contributed by atoms with Crippen molar-refractivity contribution in [3.63, 3.8) is 0 Å². The lowest BCUT2D eigenvalue weighted by Crippen LogP contribution is -2.47. The molecule has 0 heterocycles. The molecule has 114 valence electrons. The smallest absolute Gasteiger partial charge is 0.376 e. The van der Waals surface area contributed by atoms with Gasteiger partial charge in [-0.3, -0.25) is 0 Å². The van der Waals surface area contributed by atoms with Gasteiger partial charge in [0, 0.05) is 32.4 Å². The van der Waals surface area contributed by atoms with Gasteiger partial charge in [0.2, 0.25) is 0 Å². The van der Waals surface area contributed by atoms with Gasteiger partial charge in [0.05, 0.1) is 0 Å². The number of primary amides is 1. The second-order valence-corrected chi connectivity index (χ2v) is 6.56. The number of rotatable bonds is 11. The molecular formula is C11H26N2O5Si. The van der Waals surface area contributed by atoms with Crippen molar-refractivity contribution < 1.29 is 23.2 Å². The van der Waals surface area contributed by atoms with Crippen LogP contribution in [-0.4, -0.2) is 57.9 Å². The van der Waals surface area contributed by atoms with Gasteiger partial charge in [-0.15, -0.1) is 0 Å². The second kappa shape index (κ2) is 10.2. The normalized spacial score (nSPS) is 11.6. The highest BCUT2D eigenvalue weighted by molar-refractivity contribution is 6.60. The average molecular weight is 294 g/mol. The lowest BCUT2D eigenvalue weighted by atomic mass is 10.4. The molecule has 0 aromatic rings. The Morgan fingerprint density at radius 1 is 1.16 bits per heavy atom. The molecule has 2 amide bonds. The van der Waals surface area contributed by atoms with Gasteiger partial charge < -0.3 is 29.0 Å². The third-order valence-electron chi connectivity index (χ3n) is 2.49. The Bertz CT molecular complexity index is 238. The molecule has 0 aromatic carbocycles. The fourth-order valence-electron chi connectivity index (χ4n) is 1.74. The van der Waals surface area contributed by atoms with Gasteiger partial charge >= 0.3 is 14.8 Å². The first-order chi connectivity index (χ1) is 9.05. The fraction of sp³-hybridized carbons (Fsp3) is 0.909. The van der Waals surface area contributed by atoms with Gasteiger partial charge in [-0.1, -0.05) is 0 Å². The first kappa shape index (κ1) is 18.3. The zero-order chi connectivity index (χ0) is 14.7. The van der Waals surface area contributed by atoms with E-state index in [2.05, 4.69) is 0 Å². The molecule has 7 nitrogen and oxygen atoms in total. The number of aliphatic hydroxyl groups is 1. The molecule has 3 N–H and O–H groups in total. The van der Waals surface area contributed by atoms with E-state index in [1.807, 2.05) is 20.8 Å². The minimum atomic E-state index is -2.67. The van der Waals surface area contributed by atoms with Gasteiger partial charge in [-0.25, -0.2) is 4.79 Å². The number of nitrogens with two attached hydrogens (primary N) is 1. The number of aliphatic hydroxyl groups excluding tert-OH is 1. The van der Waals surface area contributed by atoms with E-state index in [1.54, 1.807) is 0 Å². The summed E-state index contributed by atoms with van der Waals surface area (Å²) in [7, 11) is -2.67. The molecule has 0 saturated carbocycles. The maximum absolute atomic E-state index is 11.0. The standard InChI is InChI=1S/C11H26N2O5Si/c1-4-16-19(17-5-2,18-6-3)9-7-8-13(10-14)11(12)15/h14H,4-10H2,1-3H3,(H2,12,15). The SMILES string of the molecule is CCO[Si](CCCN(CO)C(N)=O)(OCC)OCC. The van der Waals surface area contributed by atoms with Crippen molar-refractivity contribution in [2.24, 2.45) is 5.73 Å². The molecule has 0 atom stereocenters. The van der Waals surface area contributed by atoms with Gasteiger partial charge in [0.25, 0.3) is 0 Å². The average Bonchev–Trinajstić information content (AvgIpc) is 2.35. The second-order valence-electron chi connectivity index (χ2n) is 3.83. The first-order valence-electron chi connectivity index (χ1n) is 6.62. The number of carbonyl (C=O) groups excluding carboxylic acids is 1. The van der Waals surface area contributed by atoms with Crippen molar-refractivity contribution >= 4 is 14.8 Å². The molecule has 8 heteroatoms. The Morgan fingerprint density at radius 2 is 1.63 bits per heavy atom.